The van der Waals surface area contributed by atoms with Gasteiger partial charge in [0.2, 0.25) is 5.60 Å². The topological polar surface area (TPSA) is 112 Å². The monoisotopic (exact) mass is 396 g/mol. The number of hydrogen-bond acceptors (Lipinski definition) is 8. The number of aliphatic hydroxyl groups excluding tert-OH is 1. The molecule has 28 heavy (non-hydrogen) atoms. The van der Waals surface area contributed by atoms with Crippen LogP contribution in [0.1, 0.15) is 54.4 Å². The van der Waals surface area contributed by atoms with Crippen LogP contribution in [0.5, 0.6) is 0 Å². The first kappa shape index (κ1) is 19.8. The smallest absolute Gasteiger partial charge is 0.342 e. The lowest BCUT2D eigenvalue weighted by molar-refractivity contribution is -0.381. The van der Waals surface area contributed by atoms with Gasteiger partial charge in [0, 0.05) is 19.3 Å². The quantitative estimate of drug-likeness (QED) is 0.498. The summed E-state index contributed by atoms with van der Waals surface area (Å²) >= 11 is 0. The zero-order valence-electron chi connectivity index (χ0n) is 17.1. The molecule has 0 radical (unpaired) electrons. The van der Waals surface area contributed by atoms with Gasteiger partial charge in [-0.15, -0.1) is 0 Å². The van der Waals surface area contributed by atoms with Crippen LogP contribution in [-0.2, 0) is 28.5 Å². The number of hydrogen-bond donors (Lipinski definition) is 2. The summed E-state index contributed by atoms with van der Waals surface area (Å²) in [5.41, 5.74) is -3.33. The maximum atomic E-state index is 12.9. The molecule has 7 atom stereocenters. The van der Waals surface area contributed by atoms with E-state index in [4.69, 9.17) is 18.9 Å². The average Bonchev–Trinajstić information content (AvgIpc) is 2.90. The largest absolute Gasteiger partial charge is 0.459 e. The van der Waals surface area contributed by atoms with Crippen LogP contribution in [0.15, 0.2) is 11.1 Å². The summed E-state index contributed by atoms with van der Waals surface area (Å²) in [7, 11) is 0. The number of rotatable bonds is 1. The van der Waals surface area contributed by atoms with Crippen molar-refractivity contribution in [3.05, 3.63) is 11.1 Å². The molecule has 156 valence electrons. The Morgan fingerprint density at radius 3 is 2.50 bits per heavy atom. The molecule has 2 N–H and O–H groups in total. The Labute approximate surface area is 163 Å². The standard InChI is InChI=1S/C20H28O8/c1-9-12(22)7-11-14(9)15-20(24)13(8-18(11,5)26-10(2)21)27-17(3,4)28-19(20,6)16(23)25-15/h11-13,15,22,24H,7-8H2,1-6H3/t11-,12+,13-,15-,18-,19+,20+/m0/s1. The highest BCUT2D eigenvalue weighted by Gasteiger charge is 2.77. The highest BCUT2D eigenvalue weighted by molar-refractivity contribution is 5.85. The van der Waals surface area contributed by atoms with Gasteiger partial charge in [0.15, 0.2) is 17.5 Å². The minimum Gasteiger partial charge on any atom is -0.459 e. The van der Waals surface area contributed by atoms with E-state index in [0.717, 1.165) is 0 Å². The van der Waals surface area contributed by atoms with Gasteiger partial charge in [0.05, 0.1) is 6.10 Å². The van der Waals surface area contributed by atoms with Crippen molar-refractivity contribution in [2.24, 2.45) is 5.92 Å². The first-order chi connectivity index (χ1) is 12.8. The number of fused-ring (bicyclic) bond motifs is 2. The number of carbonyl (C=O) groups is 2. The van der Waals surface area contributed by atoms with Crippen molar-refractivity contribution in [2.75, 3.05) is 0 Å². The summed E-state index contributed by atoms with van der Waals surface area (Å²) < 4.78 is 23.4. The molecule has 2 heterocycles. The van der Waals surface area contributed by atoms with E-state index in [2.05, 4.69) is 0 Å². The van der Waals surface area contributed by atoms with Gasteiger partial charge < -0.3 is 29.2 Å². The molecule has 0 aromatic rings. The fourth-order valence-electron chi connectivity index (χ4n) is 5.68. The van der Waals surface area contributed by atoms with Gasteiger partial charge in [-0.2, -0.15) is 0 Å². The van der Waals surface area contributed by atoms with Gasteiger partial charge >= 0.3 is 11.9 Å². The molecular weight excluding hydrogens is 368 g/mol. The normalized spacial score (nSPS) is 49.2. The van der Waals surface area contributed by atoms with Crippen molar-refractivity contribution < 1.29 is 38.7 Å². The van der Waals surface area contributed by atoms with E-state index in [9.17, 15) is 19.8 Å². The molecule has 8 nitrogen and oxygen atoms in total. The van der Waals surface area contributed by atoms with Crippen LogP contribution in [0, 0.1) is 5.92 Å². The van der Waals surface area contributed by atoms with Crippen molar-refractivity contribution in [1.82, 2.24) is 0 Å². The minimum atomic E-state index is -1.82. The first-order valence-corrected chi connectivity index (χ1v) is 9.65. The molecule has 0 bridgehead atoms. The lowest BCUT2D eigenvalue weighted by Crippen LogP contribution is -2.72. The van der Waals surface area contributed by atoms with Crippen molar-refractivity contribution in [3.63, 3.8) is 0 Å². The van der Waals surface area contributed by atoms with Crippen LogP contribution < -0.4 is 0 Å². The Morgan fingerprint density at radius 1 is 1.25 bits per heavy atom. The Kier molecular flexibility index (Phi) is 3.94. The molecule has 0 aromatic carbocycles. The molecular formula is C20H28O8. The summed E-state index contributed by atoms with van der Waals surface area (Å²) in [5, 5.41) is 22.4. The van der Waals surface area contributed by atoms with Crippen LogP contribution in [0.25, 0.3) is 0 Å². The Morgan fingerprint density at radius 2 is 1.89 bits per heavy atom. The maximum absolute atomic E-state index is 12.9. The van der Waals surface area contributed by atoms with E-state index in [1.165, 1.54) is 13.8 Å². The molecule has 2 aliphatic carbocycles. The van der Waals surface area contributed by atoms with Gasteiger partial charge in [-0.05, 0) is 52.2 Å². The molecule has 0 unspecified atom stereocenters. The SMILES string of the molecule is CC(=O)O[C@@]1(C)C[C@@H]2OC(C)(C)O[C@]3(C)C(=O)O[C@@H](C4=C(C)[C@H](O)C[C@@H]41)[C@]23O. The average molecular weight is 396 g/mol. The van der Waals surface area contributed by atoms with Crippen LogP contribution in [-0.4, -0.2) is 63.1 Å². The van der Waals surface area contributed by atoms with Crippen molar-refractivity contribution in [3.8, 4) is 0 Å². The first-order valence-electron chi connectivity index (χ1n) is 9.65. The van der Waals surface area contributed by atoms with Crippen molar-refractivity contribution >= 4 is 11.9 Å². The van der Waals surface area contributed by atoms with Gasteiger partial charge in [0.25, 0.3) is 0 Å². The van der Waals surface area contributed by atoms with E-state index >= 15 is 0 Å². The molecule has 2 saturated heterocycles. The van der Waals surface area contributed by atoms with E-state index in [1.54, 1.807) is 27.7 Å². The molecule has 4 aliphatic rings. The van der Waals surface area contributed by atoms with Gasteiger partial charge in [-0.1, -0.05) is 0 Å². The molecule has 0 spiro atoms. The molecule has 8 heteroatoms. The van der Waals surface area contributed by atoms with Gasteiger partial charge in [-0.3, -0.25) is 4.79 Å². The summed E-state index contributed by atoms with van der Waals surface area (Å²) in [6, 6.07) is 0. The third-order valence-corrected chi connectivity index (χ3v) is 6.92. The van der Waals surface area contributed by atoms with Gasteiger partial charge in [0.1, 0.15) is 11.7 Å². The lowest BCUT2D eigenvalue weighted by atomic mass is 9.74. The Bertz CT molecular complexity index is 787. The second-order valence-electron chi connectivity index (χ2n) is 9.31. The molecule has 4 rings (SSSR count). The molecule has 0 aromatic heterocycles. The third kappa shape index (κ3) is 2.32. The number of ether oxygens (including phenoxy) is 4. The fourth-order valence-corrected chi connectivity index (χ4v) is 5.68. The minimum absolute atomic E-state index is 0.132. The van der Waals surface area contributed by atoms with E-state index in [-0.39, 0.29) is 6.42 Å². The Hall–Kier alpha value is -1.48. The van der Waals surface area contributed by atoms with Crippen LogP contribution >= 0.6 is 0 Å². The maximum Gasteiger partial charge on any atom is 0.342 e. The number of esters is 2. The van der Waals surface area contributed by atoms with E-state index in [0.29, 0.717) is 17.6 Å². The van der Waals surface area contributed by atoms with Crippen LogP contribution in [0.3, 0.4) is 0 Å². The Balaban J connectivity index is 1.95. The van der Waals surface area contributed by atoms with E-state index < -0.39 is 58.8 Å². The second kappa shape index (κ2) is 5.56. The van der Waals surface area contributed by atoms with Crippen molar-refractivity contribution in [1.29, 1.82) is 0 Å². The third-order valence-electron chi connectivity index (χ3n) is 6.92. The molecule has 0 amide bonds. The summed E-state index contributed by atoms with van der Waals surface area (Å²) in [6.45, 7) is 9.70. The zero-order chi connectivity index (χ0) is 20.9. The van der Waals surface area contributed by atoms with E-state index in [1.807, 2.05) is 0 Å². The number of carbonyl (C=O) groups excluding carboxylic acids is 2. The lowest BCUT2D eigenvalue weighted by Gasteiger charge is -2.52. The summed E-state index contributed by atoms with van der Waals surface area (Å²) in [6.07, 6.45) is -2.27. The van der Waals surface area contributed by atoms with Crippen LogP contribution in [0.2, 0.25) is 0 Å². The zero-order valence-corrected chi connectivity index (χ0v) is 17.1. The predicted octanol–water partition coefficient (Wildman–Crippen LogP) is 0.976. The second-order valence-corrected chi connectivity index (χ2v) is 9.31. The molecule has 3 fully saturated rings. The number of aliphatic hydroxyl groups is 2. The van der Waals surface area contributed by atoms with Crippen LogP contribution in [0.4, 0.5) is 0 Å². The van der Waals surface area contributed by atoms with Crippen molar-refractivity contribution in [2.45, 2.75) is 95.3 Å². The molecule has 1 saturated carbocycles. The fraction of sp³-hybridized carbons (Fsp3) is 0.800. The highest BCUT2D eigenvalue weighted by Crippen LogP contribution is 2.59. The molecule has 2 aliphatic heterocycles. The summed E-state index contributed by atoms with van der Waals surface area (Å²) in [5.74, 6) is -2.71. The van der Waals surface area contributed by atoms with Gasteiger partial charge in [-0.25, -0.2) is 4.79 Å². The highest BCUT2D eigenvalue weighted by atomic mass is 16.8. The predicted molar refractivity (Wildman–Crippen MR) is 94.9 cm³/mol. The summed E-state index contributed by atoms with van der Waals surface area (Å²) in [4.78, 5) is 24.8.